The van der Waals surface area contributed by atoms with E-state index in [0.717, 1.165) is 0 Å². The molecule has 1 heterocycles. The van der Waals surface area contributed by atoms with E-state index in [1.54, 1.807) is 0 Å². The van der Waals surface area contributed by atoms with Crippen LogP contribution in [0.2, 0.25) is 0 Å². The topological polar surface area (TPSA) is 99.7 Å². The van der Waals surface area contributed by atoms with Gasteiger partial charge in [-0.2, -0.15) is 9.78 Å². The van der Waals surface area contributed by atoms with Crippen LogP contribution < -0.4 is 0 Å². The number of carbonyl (C=O) groups is 2. The maximum Gasteiger partial charge on any atom is 0.370 e. The summed E-state index contributed by atoms with van der Waals surface area (Å²) < 4.78 is 0. The summed E-state index contributed by atoms with van der Waals surface area (Å²) in [6.07, 6.45) is 1.11. The lowest BCUT2D eigenvalue weighted by Gasteiger charge is -1.99. The molecule has 0 unspecified atom stereocenters. The van der Waals surface area contributed by atoms with Crippen LogP contribution in [0.3, 0.4) is 0 Å². The number of rotatable bonds is 6. The number of carboxylic acid groups (broad SMARTS) is 2. The molecule has 0 atom stereocenters. The molecule has 1 rings (SSSR count). The van der Waals surface area contributed by atoms with Gasteiger partial charge in [0.05, 0.1) is 0 Å². The van der Waals surface area contributed by atoms with Gasteiger partial charge in [-0.3, -0.25) is 4.79 Å². The Morgan fingerprint density at radius 2 is 1.77 bits per heavy atom. The molecule has 1 saturated heterocycles. The van der Waals surface area contributed by atoms with Crippen LogP contribution in [-0.2, 0) is 19.4 Å². The molecular formula is C7H10O6. The fourth-order valence-electron chi connectivity index (χ4n) is 0.946. The fourth-order valence-corrected chi connectivity index (χ4v) is 0.946. The fraction of sp³-hybridized carbons (Fsp3) is 0.714. The van der Waals surface area contributed by atoms with Crippen molar-refractivity contribution in [3.63, 3.8) is 0 Å². The van der Waals surface area contributed by atoms with Crippen molar-refractivity contribution in [1.82, 2.24) is 0 Å². The van der Waals surface area contributed by atoms with E-state index >= 15 is 0 Å². The van der Waals surface area contributed by atoms with Gasteiger partial charge in [0.1, 0.15) is 0 Å². The average Bonchev–Trinajstić information content (AvgIpc) is 2.78. The van der Waals surface area contributed by atoms with E-state index in [-0.39, 0.29) is 12.8 Å². The largest absolute Gasteiger partial charge is 0.481 e. The van der Waals surface area contributed by atoms with E-state index in [1.807, 2.05) is 0 Å². The van der Waals surface area contributed by atoms with Crippen LogP contribution in [0.25, 0.3) is 0 Å². The number of carboxylic acids is 2. The second-order valence-electron chi connectivity index (χ2n) is 2.83. The number of aliphatic carboxylic acids is 2. The van der Waals surface area contributed by atoms with Gasteiger partial charge in [0, 0.05) is 12.8 Å². The molecule has 1 fully saturated rings. The predicted molar refractivity (Wildman–Crippen MR) is 38.6 cm³/mol. The number of hydrogen-bond acceptors (Lipinski definition) is 4. The van der Waals surface area contributed by atoms with Crippen molar-refractivity contribution in [3.05, 3.63) is 0 Å². The molecule has 1 aliphatic rings. The van der Waals surface area contributed by atoms with Gasteiger partial charge in [0.25, 0.3) is 0 Å². The molecule has 0 saturated carbocycles. The van der Waals surface area contributed by atoms with Crippen LogP contribution in [0.15, 0.2) is 0 Å². The van der Waals surface area contributed by atoms with Gasteiger partial charge in [-0.15, -0.1) is 0 Å². The summed E-state index contributed by atoms with van der Waals surface area (Å²) in [6.45, 7) is 0. The summed E-state index contributed by atoms with van der Waals surface area (Å²) in [5.41, 5.74) is 0. The molecule has 0 radical (unpaired) electrons. The van der Waals surface area contributed by atoms with Crippen molar-refractivity contribution in [2.75, 3.05) is 0 Å². The molecule has 2 N–H and O–H groups in total. The summed E-state index contributed by atoms with van der Waals surface area (Å²) in [4.78, 5) is 29.2. The zero-order valence-electron chi connectivity index (χ0n) is 6.86. The van der Waals surface area contributed by atoms with Gasteiger partial charge in [-0.05, 0) is 12.8 Å². The summed E-state index contributed by atoms with van der Waals surface area (Å²) in [5.74, 6) is -3.54. The first-order chi connectivity index (χ1) is 6.07. The average molecular weight is 190 g/mol. The molecule has 6 heteroatoms. The zero-order valence-corrected chi connectivity index (χ0v) is 6.86. The highest BCUT2D eigenvalue weighted by atomic mass is 17.4. The van der Waals surface area contributed by atoms with Gasteiger partial charge in [-0.1, -0.05) is 0 Å². The Hall–Kier alpha value is -1.14. The molecule has 0 amide bonds. The third-order valence-corrected chi connectivity index (χ3v) is 1.76. The Labute approximate surface area is 74.0 Å². The standard InChI is InChI=1S/C7H10O6/c8-5(9)3-1-2-4-7(6(10)11)12-13-7/h1-4H2,(H,8,9)(H,10,11). The van der Waals surface area contributed by atoms with Crippen molar-refractivity contribution >= 4 is 11.9 Å². The van der Waals surface area contributed by atoms with Gasteiger partial charge < -0.3 is 10.2 Å². The monoisotopic (exact) mass is 190 g/mol. The van der Waals surface area contributed by atoms with Gasteiger partial charge in [0.15, 0.2) is 0 Å². The van der Waals surface area contributed by atoms with E-state index < -0.39 is 17.7 Å². The molecule has 6 nitrogen and oxygen atoms in total. The van der Waals surface area contributed by atoms with E-state index in [1.165, 1.54) is 0 Å². The van der Waals surface area contributed by atoms with Gasteiger partial charge in [0.2, 0.25) is 0 Å². The second kappa shape index (κ2) is 3.71. The lowest BCUT2D eigenvalue weighted by atomic mass is 10.1. The summed E-state index contributed by atoms with van der Waals surface area (Å²) in [7, 11) is 0. The van der Waals surface area contributed by atoms with Crippen LogP contribution in [0.5, 0.6) is 0 Å². The summed E-state index contributed by atoms with van der Waals surface area (Å²) in [5, 5.41) is 16.8. The first-order valence-corrected chi connectivity index (χ1v) is 3.89. The van der Waals surface area contributed by atoms with Crippen molar-refractivity contribution < 1.29 is 29.6 Å². The smallest absolute Gasteiger partial charge is 0.370 e. The van der Waals surface area contributed by atoms with Crippen LogP contribution in [0, 0.1) is 0 Å². The zero-order chi connectivity index (χ0) is 9.90. The maximum absolute atomic E-state index is 10.4. The number of unbranched alkanes of at least 4 members (excludes halogenated alkanes) is 1. The van der Waals surface area contributed by atoms with Crippen LogP contribution in [0.4, 0.5) is 0 Å². The molecule has 1 aliphatic heterocycles. The van der Waals surface area contributed by atoms with Crippen LogP contribution in [0.1, 0.15) is 25.7 Å². The van der Waals surface area contributed by atoms with E-state index in [2.05, 4.69) is 9.78 Å². The summed E-state index contributed by atoms with van der Waals surface area (Å²) in [6, 6.07) is 0. The van der Waals surface area contributed by atoms with E-state index in [4.69, 9.17) is 10.2 Å². The lowest BCUT2D eigenvalue weighted by Crippen LogP contribution is -2.23. The number of hydrogen-bond donors (Lipinski definition) is 2. The van der Waals surface area contributed by atoms with E-state index in [9.17, 15) is 9.59 Å². The molecule has 0 aromatic heterocycles. The quantitative estimate of drug-likeness (QED) is 0.356. The highest BCUT2D eigenvalue weighted by Gasteiger charge is 2.56. The lowest BCUT2D eigenvalue weighted by molar-refractivity contribution is -0.144. The SMILES string of the molecule is O=C(O)CCCCC1(C(=O)O)OO1. The van der Waals surface area contributed by atoms with Crippen molar-refractivity contribution in [1.29, 1.82) is 0 Å². The first kappa shape index (κ1) is 9.94. The minimum absolute atomic E-state index is 0.0374. The van der Waals surface area contributed by atoms with Crippen LogP contribution >= 0.6 is 0 Å². The highest BCUT2D eigenvalue weighted by Crippen LogP contribution is 2.35. The minimum Gasteiger partial charge on any atom is -0.481 e. The molecule has 0 aromatic rings. The normalized spacial score (nSPS) is 18.2. The molecule has 0 spiro atoms. The Morgan fingerprint density at radius 1 is 1.15 bits per heavy atom. The van der Waals surface area contributed by atoms with Crippen molar-refractivity contribution in [2.45, 2.75) is 31.5 Å². The third-order valence-electron chi connectivity index (χ3n) is 1.76. The second-order valence-corrected chi connectivity index (χ2v) is 2.83. The Kier molecular flexibility index (Phi) is 2.84. The Morgan fingerprint density at radius 3 is 2.15 bits per heavy atom. The van der Waals surface area contributed by atoms with Gasteiger partial charge >= 0.3 is 17.7 Å². The van der Waals surface area contributed by atoms with Crippen molar-refractivity contribution in [2.24, 2.45) is 0 Å². The van der Waals surface area contributed by atoms with Crippen LogP contribution in [-0.4, -0.2) is 27.9 Å². The molecule has 0 aromatic carbocycles. The van der Waals surface area contributed by atoms with E-state index in [0.29, 0.717) is 12.8 Å². The molecular weight excluding hydrogens is 180 g/mol. The predicted octanol–water partition coefficient (Wildman–Crippen LogP) is 0.374. The minimum atomic E-state index is -1.49. The molecule has 0 aliphatic carbocycles. The van der Waals surface area contributed by atoms with Crippen molar-refractivity contribution in [3.8, 4) is 0 Å². The third kappa shape index (κ3) is 2.67. The first-order valence-electron chi connectivity index (χ1n) is 3.89. The highest BCUT2D eigenvalue weighted by molar-refractivity contribution is 5.76. The molecule has 0 bridgehead atoms. The molecule has 74 valence electrons. The maximum atomic E-state index is 10.4. The Bertz CT molecular complexity index is 219. The summed E-state index contributed by atoms with van der Waals surface area (Å²) >= 11 is 0. The van der Waals surface area contributed by atoms with Gasteiger partial charge in [-0.25, -0.2) is 4.79 Å². The molecule has 13 heavy (non-hydrogen) atoms. The Balaban J connectivity index is 2.13.